The fourth-order valence-corrected chi connectivity index (χ4v) is 6.18. The number of anilines is 2. The van der Waals surface area contributed by atoms with Crippen LogP contribution < -0.4 is 15.5 Å². The highest BCUT2D eigenvalue weighted by Crippen LogP contribution is 2.50. The molecule has 2 aromatic heterocycles. The topological polar surface area (TPSA) is 91.6 Å². The Morgan fingerprint density at radius 2 is 1.89 bits per heavy atom. The van der Waals surface area contributed by atoms with E-state index in [0.29, 0.717) is 63.7 Å². The molecule has 0 radical (unpaired) electrons. The van der Waals surface area contributed by atoms with Crippen molar-refractivity contribution in [1.82, 2.24) is 19.9 Å². The Kier molecular flexibility index (Phi) is 6.52. The van der Waals surface area contributed by atoms with Gasteiger partial charge in [-0.1, -0.05) is 23.2 Å². The predicted molar refractivity (Wildman–Crippen MR) is 156 cm³/mol. The van der Waals surface area contributed by atoms with Crippen molar-refractivity contribution in [3.63, 3.8) is 0 Å². The van der Waals surface area contributed by atoms with Crippen LogP contribution in [0.5, 0.6) is 0 Å². The molecule has 2 N–H and O–H groups in total. The van der Waals surface area contributed by atoms with E-state index in [-0.39, 0.29) is 10.7 Å². The van der Waals surface area contributed by atoms with Gasteiger partial charge in [0.15, 0.2) is 5.65 Å². The van der Waals surface area contributed by atoms with Crippen molar-refractivity contribution in [2.75, 3.05) is 16.8 Å². The second-order valence-electron chi connectivity index (χ2n) is 10.3. The van der Waals surface area contributed by atoms with Crippen LogP contribution in [0.4, 0.5) is 33.7 Å². The summed E-state index contributed by atoms with van der Waals surface area (Å²) in [6, 6.07) is 10.3. The first-order chi connectivity index (χ1) is 21.0. The lowest BCUT2D eigenvalue weighted by atomic mass is 9.88. The Morgan fingerprint density at radius 1 is 1.07 bits per heavy atom. The zero-order chi connectivity index (χ0) is 30.9. The molecule has 0 fully saturated rings. The molecular formula is C30H18Cl2F4N6O2. The summed E-state index contributed by atoms with van der Waals surface area (Å²) in [4.78, 5) is 32.6. The zero-order valence-corrected chi connectivity index (χ0v) is 23.7. The number of rotatable bonds is 4. The fraction of sp³-hybridized carbons (Fsp3) is 0.133. The molecule has 7 rings (SSSR count). The van der Waals surface area contributed by atoms with Crippen LogP contribution in [0.25, 0.3) is 16.8 Å². The number of urea groups is 1. The lowest BCUT2D eigenvalue weighted by Gasteiger charge is -2.35. The number of nitrogens with one attached hydrogen (secondary N) is 2. The summed E-state index contributed by atoms with van der Waals surface area (Å²) in [6.45, 7) is 0.332. The first kappa shape index (κ1) is 28.1. The molecule has 0 bridgehead atoms. The molecule has 0 saturated carbocycles. The maximum absolute atomic E-state index is 14.3. The summed E-state index contributed by atoms with van der Waals surface area (Å²) in [7, 11) is 0. The number of aromatic nitrogens is 3. The third-order valence-electron chi connectivity index (χ3n) is 7.69. The molecule has 1 unspecified atom stereocenters. The molecule has 1 atom stereocenters. The van der Waals surface area contributed by atoms with Crippen molar-refractivity contribution >= 4 is 52.2 Å². The number of hydrogen-bond acceptors (Lipinski definition) is 4. The third kappa shape index (κ3) is 4.70. The molecule has 2 aliphatic heterocycles. The number of pyridine rings is 1. The highest BCUT2D eigenvalue weighted by Gasteiger charge is 2.41. The molecule has 3 aromatic carbocycles. The van der Waals surface area contributed by atoms with Crippen molar-refractivity contribution in [1.29, 1.82) is 0 Å². The van der Waals surface area contributed by atoms with Gasteiger partial charge in [0.1, 0.15) is 12.1 Å². The maximum atomic E-state index is 14.3. The first-order valence-electron chi connectivity index (χ1n) is 13.2. The second-order valence-corrected chi connectivity index (χ2v) is 11.2. The number of benzene rings is 3. The van der Waals surface area contributed by atoms with Gasteiger partial charge < -0.3 is 10.6 Å². The van der Waals surface area contributed by atoms with Crippen LogP contribution in [0.1, 0.15) is 38.7 Å². The molecule has 5 aromatic rings. The minimum Gasteiger partial charge on any atom is -0.327 e. The quantitative estimate of drug-likeness (QED) is 0.202. The standard InChI is InChI=1S/C30H18Cl2F4N6O2/c31-17-2-3-22(32)21(10-17)26-25-23(39-28(43)15-7-16(30(34,35)36)9-18(33)8-15)11-20(14-1-4-24-37-13-38-42(24)12-14)19-5-6-41(27(19)25)29(44)40-26/h1-4,7-13,26H,5-6H2,(H,39,43)(H,40,44). The van der Waals surface area contributed by atoms with Crippen molar-refractivity contribution in [2.24, 2.45) is 0 Å². The Labute approximate surface area is 256 Å². The summed E-state index contributed by atoms with van der Waals surface area (Å²) >= 11 is 12.9. The third-order valence-corrected chi connectivity index (χ3v) is 8.27. The van der Waals surface area contributed by atoms with Gasteiger partial charge in [-0.25, -0.2) is 18.7 Å². The smallest absolute Gasteiger partial charge is 0.327 e. The highest BCUT2D eigenvalue weighted by atomic mass is 35.5. The highest BCUT2D eigenvalue weighted by molar-refractivity contribution is 6.33. The second kappa shape index (κ2) is 10.2. The average Bonchev–Trinajstić information content (AvgIpc) is 3.64. The molecular weight excluding hydrogens is 623 g/mol. The number of halogens is 6. The van der Waals surface area contributed by atoms with Gasteiger partial charge in [0.25, 0.3) is 5.91 Å². The molecule has 44 heavy (non-hydrogen) atoms. The number of fused-ring (bicyclic) bond motifs is 1. The van der Waals surface area contributed by atoms with Crippen LogP contribution in [-0.2, 0) is 12.6 Å². The summed E-state index contributed by atoms with van der Waals surface area (Å²) in [6.07, 6.45) is -1.26. The van der Waals surface area contributed by atoms with Crippen LogP contribution in [0.2, 0.25) is 10.0 Å². The van der Waals surface area contributed by atoms with E-state index >= 15 is 0 Å². The molecule has 0 saturated heterocycles. The van der Waals surface area contributed by atoms with E-state index < -0.39 is 41.1 Å². The molecule has 4 heterocycles. The SMILES string of the molecule is O=C(Nc1cc(-c2ccc3ncnn3c2)c2c3c1C(c1cc(Cl)ccc1Cl)NC(=O)N3CC2)c1cc(F)cc(C(F)(F)F)c1. The monoisotopic (exact) mass is 640 g/mol. The summed E-state index contributed by atoms with van der Waals surface area (Å²) in [5.41, 5.74) is 2.49. The van der Waals surface area contributed by atoms with Crippen LogP contribution in [0.3, 0.4) is 0 Å². The van der Waals surface area contributed by atoms with E-state index in [1.54, 1.807) is 41.0 Å². The lowest BCUT2D eigenvalue weighted by Crippen LogP contribution is -2.46. The van der Waals surface area contributed by atoms with Gasteiger partial charge in [-0.15, -0.1) is 0 Å². The Morgan fingerprint density at radius 3 is 2.68 bits per heavy atom. The fourth-order valence-electron chi connectivity index (χ4n) is 5.78. The van der Waals surface area contributed by atoms with E-state index in [0.717, 1.165) is 11.6 Å². The summed E-state index contributed by atoms with van der Waals surface area (Å²) in [5, 5.41) is 10.5. The number of carbonyl (C=O) groups is 2. The van der Waals surface area contributed by atoms with Crippen LogP contribution in [0.15, 0.2) is 67.1 Å². The molecule has 3 amide bonds. The minimum absolute atomic E-state index is 0.174. The van der Waals surface area contributed by atoms with Crippen LogP contribution >= 0.6 is 23.2 Å². The summed E-state index contributed by atoms with van der Waals surface area (Å²) < 4.78 is 56.2. The van der Waals surface area contributed by atoms with Crippen molar-refractivity contribution < 1.29 is 27.2 Å². The van der Waals surface area contributed by atoms with Gasteiger partial charge in [-0.3, -0.25) is 9.69 Å². The zero-order valence-electron chi connectivity index (χ0n) is 22.2. The number of nitrogens with zero attached hydrogens (tertiary/aromatic N) is 4. The molecule has 14 heteroatoms. The normalized spacial score (nSPS) is 15.8. The van der Waals surface area contributed by atoms with Crippen LogP contribution in [0, 0.1) is 5.82 Å². The van der Waals surface area contributed by atoms with Crippen LogP contribution in [-0.4, -0.2) is 33.1 Å². The molecule has 8 nitrogen and oxygen atoms in total. The van der Waals surface area contributed by atoms with E-state index in [1.165, 1.54) is 11.2 Å². The molecule has 2 aliphatic rings. The largest absolute Gasteiger partial charge is 0.416 e. The molecule has 0 spiro atoms. The van der Waals surface area contributed by atoms with Gasteiger partial charge in [0, 0.05) is 45.2 Å². The number of amides is 3. The van der Waals surface area contributed by atoms with E-state index in [2.05, 4.69) is 20.7 Å². The number of carbonyl (C=O) groups excluding carboxylic acids is 2. The Hall–Kier alpha value is -4.68. The number of hydrogen-bond donors (Lipinski definition) is 2. The van der Waals surface area contributed by atoms with Gasteiger partial charge in [-0.2, -0.15) is 18.3 Å². The molecule has 0 aliphatic carbocycles. The van der Waals surface area contributed by atoms with E-state index in [4.69, 9.17) is 23.2 Å². The maximum Gasteiger partial charge on any atom is 0.416 e. The lowest BCUT2D eigenvalue weighted by molar-refractivity contribution is -0.137. The van der Waals surface area contributed by atoms with E-state index in [1.807, 2.05) is 6.07 Å². The Bertz CT molecular complexity index is 2030. The molecule has 222 valence electrons. The van der Waals surface area contributed by atoms with Crippen molar-refractivity contribution in [3.8, 4) is 11.1 Å². The van der Waals surface area contributed by atoms with E-state index in [9.17, 15) is 27.2 Å². The van der Waals surface area contributed by atoms with Crippen molar-refractivity contribution in [3.05, 3.63) is 111 Å². The van der Waals surface area contributed by atoms with Gasteiger partial charge >= 0.3 is 12.2 Å². The average molecular weight is 641 g/mol. The predicted octanol–water partition coefficient (Wildman–Crippen LogP) is 7.29. The van der Waals surface area contributed by atoms with Gasteiger partial charge in [-0.05, 0) is 77.7 Å². The number of alkyl halides is 3. The van der Waals surface area contributed by atoms with Gasteiger partial charge in [0.05, 0.1) is 17.3 Å². The van der Waals surface area contributed by atoms with Crippen molar-refractivity contribution in [2.45, 2.75) is 18.6 Å². The summed E-state index contributed by atoms with van der Waals surface area (Å²) in [5.74, 6) is -2.20. The van der Waals surface area contributed by atoms with Gasteiger partial charge in [0.2, 0.25) is 0 Å². The Balaban J connectivity index is 1.45. The minimum atomic E-state index is -4.87. The first-order valence-corrected chi connectivity index (χ1v) is 13.9.